The van der Waals surface area contributed by atoms with Crippen LogP contribution in [-0.4, -0.2) is 28.0 Å². The highest BCUT2D eigenvalue weighted by Crippen LogP contribution is 2.22. The van der Waals surface area contributed by atoms with E-state index in [9.17, 15) is 4.79 Å². The van der Waals surface area contributed by atoms with Crippen molar-refractivity contribution in [3.63, 3.8) is 0 Å². The second-order valence-electron chi connectivity index (χ2n) is 5.72. The smallest absolute Gasteiger partial charge is 0.266 e. The monoisotopic (exact) mass is 271 g/mol. The minimum atomic E-state index is -0.0178. The average Bonchev–Trinajstić information content (AvgIpc) is 2.91. The van der Waals surface area contributed by atoms with Crippen LogP contribution in [0.15, 0.2) is 30.5 Å². The molecule has 0 saturated carbocycles. The molecule has 1 saturated heterocycles. The molecule has 2 unspecified atom stereocenters. The van der Waals surface area contributed by atoms with Crippen molar-refractivity contribution >= 4 is 16.8 Å². The number of benzene rings is 1. The Labute approximate surface area is 119 Å². The van der Waals surface area contributed by atoms with Crippen molar-refractivity contribution in [1.29, 1.82) is 0 Å². The van der Waals surface area contributed by atoms with E-state index in [1.807, 2.05) is 30.5 Å². The minimum absolute atomic E-state index is 0.0178. The Balaban J connectivity index is 1.84. The van der Waals surface area contributed by atoms with Gasteiger partial charge in [0.15, 0.2) is 0 Å². The van der Waals surface area contributed by atoms with Crippen molar-refractivity contribution in [3.05, 3.63) is 36.0 Å². The zero-order chi connectivity index (χ0) is 14.1. The fraction of sp³-hybridized carbons (Fsp3) is 0.438. The summed E-state index contributed by atoms with van der Waals surface area (Å²) in [7, 11) is 0. The molecule has 0 aliphatic carbocycles. The Bertz CT molecular complexity index is 609. The second-order valence-corrected chi connectivity index (χ2v) is 5.72. The van der Waals surface area contributed by atoms with E-state index in [2.05, 4.69) is 29.3 Å². The number of hydrogen-bond donors (Lipinski definition) is 2. The summed E-state index contributed by atoms with van der Waals surface area (Å²) in [6.07, 6.45) is 5.38. The third-order valence-electron chi connectivity index (χ3n) is 4.26. The Morgan fingerprint density at radius 3 is 2.75 bits per heavy atom. The SMILES string of the molecule is CC1CCCC(C)N1NC(=O)c1cccc2[nH]ccc12. The van der Waals surface area contributed by atoms with Gasteiger partial charge in [0.1, 0.15) is 0 Å². The van der Waals surface area contributed by atoms with Gasteiger partial charge >= 0.3 is 0 Å². The van der Waals surface area contributed by atoms with Crippen LogP contribution in [0.1, 0.15) is 43.5 Å². The van der Waals surface area contributed by atoms with Gasteiger partial charge in [0.25, 0.3) is 5.91 Å². The highest BCUT2D eigenvalue weighted by molar-refractivity contribution is 6.06. The summed E-state index contributed by atoms with van der Waals surface area (Å²) in [6, 6.07) is 8.52. The zero-order valence-corrected chi connectivity index (χ0v) is 12.0. The lowest BCUT2D eigenvalue weighted by Crippen LogP contribution is -2.54. The molecule has 1 aliphatic rings. The fourth-order valence-corrected chi connectivity index (χ4v) is 3.10. The molecular formula is C16H21N3O. The van der Waals surface area contributed by atoms with Gasteiger partial charge in [-0.3, -0.25) is 10.2 Å². The Kier molecular flexibility index (Phi) is 3.49. The maximum atomic E-state index is 12.5. The van der Waals surface area contributed by atoms with Gasteiger partial charge in [0.05, 0.1) is 5.56 Å². The quantitative estimate of drug-likeness (QED) is 0.882. The molecule has 1 aromatic carbocycles. The molecule has 2 heterocycles. The number of fused-ring (bicyclic) bond motifs is 1. The molecule has 1 aliphatic heterocycles. The van der Waals surface area contributed by atoms with Crippen LogP contribution in [0.25, 0.3) is 10.9 Å². The van der Waals surface area contributed by atoms with Crippen LogP contribution in [0, 0.1) is 0 Å². The predicted molar refractivity (Wildman–Crippen MR) is 80.4 cm³/mol. The van der Waals surface area contributed by atoms with Crippen LogP contribution in [-0.2, 0) is 0 Å². The summed E-state index contributed by atoms with van der Waals surface area (Å²) in [5.74, 6) is -0.0178. The van der Waals surface area contributed by atoms with E-state index in [4.69, 9.17) is 0 Å². The predicted octanol–water partition coefficient (Wildman–Crippen LogP) is 3.08. The van der Waals surface area contributed by atoms with Gasteiger partial charge < -0.3 is 4.98 Å². The number of carbonyl (C=O) groups excluding carboxylic acids is 1. The zero-order valence-electron chi connectivity index (χ0n) is 12.0. The molecule has 2 aromatic rings. The number of rotatable bonds is 2. The molecule has 0 spiro atoms. The summed E-state index contributed by atoms with van der Waals surface area (Å²) in [5.41, 5.74) is 4.83. The number of aromatic nitrogens is 1. The van der Waals surface area contributed by atoms with Crippen LogP contribution in [0.3, 0.4) is 0 Å². The van der Waals surface area contributed by atoms with E-state index in [1.165, 1.54) is 6.42 Å². The van der Waals surface area contributed by atoms with E-state index >= 15 is 0 Å². The van der Waals surface area contributed by atoms with Gasteiger partial charge in [-0.25, -0.2) is 5.01 Å². The highest BCUT2D eigenvalue weighted by Gasteiger charge is 2.26. The molecule has 3 rings (SSSR count). The van der Waals surface area contributed by atoms with Crippen molar-refractivity contribution in [1.82, 2.24) is 15.4 Å². The molecule has 2 N–H and O–H groups in total. The molecule has 4 heteroatoms. The maximum absolute atomic E-state index is 12.5. The van der Waals surface area contributed by atoms with Crippen molar-refractivity contribution in [2.75, 3.05) is 0 Å². The first kappa shape index (κ1) is 13.2. The Morgan fingerprint density at radius 2 is 2.00 bits per heavy atom. The molecule has 2 atom stereocenters. The Morgan fingerprint density at radius 1 is 1.25 bits per heavy atom. The molecule has 1 fully saturated rings. The molecule has 0 bridgehead atoms. The van der Waals surface area contributed by atoms with Crippen molar-refractivity contribution in [2.45, 2.75) is 45.2 Å². The van der Waals surface area contributed by atoms with E-state index in [0.717, 1.165) is 29.3 Å². The lowest BCUT2D eigenvalue weighted by atomic mass is 10.00. The van der Waals surface area contributed by atoms with Crippen LogP contribution < -0.4 is 5.43 Å². The number of hydrazine groups is 1. The van der Waals surface area contributed by atoms with Crippen LogP contribution >= 0.6 is 0 Å². The van der Waals surface area contributed by atoms with Crippen molar-refractivity contribution in [2.24, 2.45) is 0 Å². The summed E-state index contributed by atoms with van der Waals surface area (Å²) in [6.45, 7) is 4.35. The number of H-pyrrole nitrogens is 1. The average molecular weight is 271 g/mol. The van der Waals surface area contributed by atoms with E-state index < -0.39 is 0 Å². The van der Waals surface area contributed by atoms with Gasteiger partial charge in [-0.2, -0.15) is 0 Å². The summed E-state index contributed by atoms with van der Waals surface area (Å²) < 4.78 is 0. The van der Waals surface area contributed by atoms with Gasteiger partial charge in [-0.15, -0.1) is 0 Å². The summed E-state index contributed by atoms with van der Waals surface area (Å²) >= 11 is 0. The topological polar surface area (TPSA) is 48.1 Å². The molecule has 1 aromatic heterocycles. The number of piperidine rings is 1. The largest absolute Gasteiger partial charge is 0.361 e. The number of nitrogens with zero attached hydrogens (tertiary/aromatic N) is 1. The number of amides is 1. The first-order valence-electron chi connectivity index (χ1n) is 7.32. The fourth-order valence-electron chi connectivity index (χ4n) is 3.10. The standard InChI is InChI=1S/C16H21N3O/c1-11-5-3-6-12(2)19(11)18-16(20)14-7-4-8-15-13(14)9-10-17-15/h4,7-12,17H,3,5-6H2,1-2H3,(H,18,20). The van der Waals surface area contributed by atoms with Crippen LogP contribution in [0.2, 0.25) is 0 Å². The van der Waals surface area contributed by atoms with Crippen LogP contribution in [0.5, 0.6) is 0 Å². The van der Waals surface area contributed by atoms with E-state index in [1.54, 1.807) is 0 Å². The third-order valence-corrected chi connectivity index (χ3v) is 4.26. The number of aromatic amines is 1. The maximum Gasteiger partial charge on any atom is 0.266 e. The van der Waals surface area contributed by atoms with E-state index in [0.29, 0.717) is 12.1 Å². The number of nitrogens with one attached hydrogen (secondary N) is 2. The molecule has 4 nitrogen and oxygen atoms in total. The number of carbonyl (C=O) groups is 1. The number of hydrogen-bond acceptors (Lipinski definition) is 2. The Hall–Kier alpha value is -1.81. The van der Waals surface area contributed by atoms with Gasteiger partial charge in [-0.05, 0) is 44.9 Å². The van der Waals surface area contributed by atoms with Gasteiger partial charge in [-0.1, -0.05) is 12.5 Å². The highest BCUT2D eigenvalue weighted by atomic mass is 16.2. The van der Waals surface area contributed by atoms with Crippen LogP contribution in [0.4, 0.5) is 0 Å². The molecule has 20 heavy (non-hydrogen) atoms. The second kappa shape index (κ2) is 5.29. The lowest BCUT2D eigenvalue weighted by molar-refractivity contribution is 0.0371. The van der Waals surface area contributed by atoms with Gasteiger partial charge in [0, 0.05) is 29.2 Å². The van der Waals surface area contributed by atoms with E-state index in [-0.39, 0.29) is 5.91 Å². The normalized spacial score (nSPS) is 23.9. The molecule has 1 amide bonds. The first-order chi connectivity index (χ1) is 9.66. The van der Waals surface area contributed by atoms with Gasteiger partial charge in [0.2, 0.25) is 0 Å². The molecule has 0 radical (unpaired) electrons. The van der Waals surface area contributed by atoms with Crippen molar-refractivity contribution in [3.8, 4) is 0 Å². The summed E-state index contributed by atoms with van der Waals surface area (Å²) in [4.78, 5) is 15.7. The third kappa shape index (κ3) is 2.31. The molecule has 106 valence electrons. The summed E-state index contributed by atoms with van der Waals surface area (Å²) in [5, 5.41) is 3.08. The van der Waals surface area contributed by atoms with Crippen molar-refractivity contribution < 1.29 is 4.79 Å². The minimum Gasteiger partial charge on any atom is -0.361 e. The lowest BCUT2D eigenvalue weighted by Gasteiger charge is -2.38. The first-order valence-corrected chi connectivity index (χ1v) is 7.32. The molecular weight excluding hydrogens is 250 g/mol.